The summed E-state index contributed by atoms with van der Waals surface area (Å²) in [7, 11) is 0. The predicted molar refractivity (Wildman–Crippen MR) is 238 cm³/mol. The van der Waals surface area contributed by atoms with Crippen LogP contribution in [0, 0.1) is 0 Å². The van der Waals surface area contributed by atoms with Gasteiger partial charge in [-0.2, -0.15) is 0 Å². The molecule has 1 aliphatic carbocycles. The molecule has 0 atom stereocenters. The lowest BCUT2D eigenvalue weighted by Gasteiger charge is -2.30. The van der Waals surface area contributed by atoms with Crippen LogP contribution < -0.4 is 9.64 Å². The molecule has 1 aliphatic heterocycles. The van der Waals surface area contributed by atoms with E-state index in [-0.39, 0.29) is 5.41 Å². The molecule has 0 fully saturated rings. The monoisotopic (exact) mass is 729 g/mol. The van der Waals surface area contributed by atoms with Gasteiger partial charge in [0.05, 0.1) is 5.69 Å². The van der Waals surface area contributed by atoms with Crippen LogP contribution in [0.4, 0.5) is 17.1 Å². The summed E-state index contributed by atoms with van der Waals surface area (Å²) < 4.78 is 7.49. The number of hydrogen-bond acceptors (Lipinski definition) is 2. The molecular weight excluding hydrogens is 691 g/mol. The van der Waals surface area contributed by atoms with Gasteiger partial charge in [-0.1, -0.05) is 172 Å². The Kier molecular flexibility index (Phi) is 7.55. The van der Waals surface area contributed by atoms with Crippen LogP contribution in [0.25, 0.3) is 66.4 Å². The Bertz CT molecular complexity index is 3000. The molecule has 9 aromatic carbocycles. The van der Waals surface area contributed by atoms with Crippen molar-refractivity contribution >= 4 is 27.8 Å². The third kappa shape index (κ3) is 5.33. The van der Waals surface area contributed by atoms with Crippen molar-refractivity contribution in [2.75, 3.05) is 4.90 Å². The second-order valence-electron chi connectivity index (χ2n) is 15.7. The van der Waals surface area contributed by atoms with Gasteiger partial charge in [-0.3, -0.25) is 0 Å². The smallest absolute Gasteiger partial charge is 0.159 e. The number of hydrogen-bond donors (Lipinski definition) is 0. The average molecular weight is 730 g/mol. The lowest BCUT2D eigenvalue weighted by molar-refractivity contribution is 0.490. The summed E-state index contributed by atoms with van der Waals surface area (Å²) in [4.78, 5) is 2.39. The van der Waals surface area contributed by atoms with Gasteiger partial charge in [0.15, 0.2) is 5.75 Å². The Morgan fingerprint density at radius 3 is 1.60 bits per heavy atom. The largest absolute Gasteiger partial charge is 0.453 e. The molecule has 0 unspecified atom stereocenters. The van der Waals surface area contributed by atoms with E-state index in [0.717, 1.165) is 61.9 Å². The minimum absolute atomic E-state index is 0.154. The Morgan fingerprint density at radius 2 is 0.877 bits per heavy atom. The summed E-state index contributed by atoms with van der Waals surface area (Å²) >= 11 is 0. The van der Waals surface area contributed by atoms with E-state index in [9.17, 15) is 0 Å². The third-order valence-electron chi connectivity index (χ3n) is 12.1. The first-order valence-electron chi connectivity index (χ1n) is 19.8. The lowest BCUT2D eigenvalue weighted by Crippen LogP contribution is -2.17. The van der Waals surface area contributed by atoms with Crippen LogP contribution in [0.1, 0.15) is 25.0 Å². The highest BCUT2D eigenvalue weighted by molar-refractivity contribution is 6.03. The molecule has 11 rings (SSSR count). The Labute approximate surface area is 333 Å². The molecule has 9 aromatic rings. The molecule has 2 nitrogen and oxygen atoms in total. The van der Waals surface area contributed by atoms with Crippen LogP contribution in [0.15, 0.2) is 200 Å². The zero-order chi connectivity index (χ0) is 38.1. The van der Waals surface area contributed by atoms with Gasteiger partial charge in [0.2, 0.25) is 0 Å². The second-order valence-corrected chi connectivity index (χ2v) is 15.7. The molecule has 57 heavy (non-hydrogen) atoms. The van der Waals surface area contributed by atoms with E-state index >= 15 is 0 Å². The fraction of sp³-hybridized carbons (Fsp3) is 0.0545. The van der Waals surface area contributed by atoms with Crippen molar-refractivity contribution < 1.29 is 4.74 Å². The molecule has 0 N–H and O–H groups in total. The van der Waals surface area contributed by atoms with E-state index in [0.29, 0.717) is 0 Å². The Morgan fingerprint density at radius 1 is 0.351 bits per heavy atom. The SMILES string of the molecule is CC1(C)c2ccccc2-c2ccc(N(c3ccc(-c4ccccc4)cc3)c3cccc4c3Oc3c(-c5ccccc5)cccc3-c3cc5ccccc5cc3-4)cc21. The highest BCUT2D eigenvalue weighted by Crippen LogP contribution is 2.56. The number of fused-ring (bicyclic) bond motifs is 9. The topological polar surface area (TPSA) is 12.5 Å². The molecule has 0 saturated carbocycles. The predicted octanol–water partition coefficient (Wildman–Crippen LogP) is 15.4. The van der Waals surface area contributed by atoms with Crippen molar-refractivity contribution in [2.24, 2.45) is 0 Å². The van der Waals surface area contributed by atoms with Crippen LogP contribution in [-0.2, 0) is 5.41 Å². The molecule has 0 saturated heterocycles. The van der Waals surface area contributed by atoms with Crippen molar-refractivity contribution in [3.63, 3.8) is 0 Å². The number of anilines is 3. The highest BCUT2D eigenvalue weighted by atomic mass is 16.5. The average Bonchev–Trinajstić information content (AvgIpc) is 3.40. The van der Waals surface area contributed by atoms with Gasteiger partial charge < -0.3 is 9.64 Å². The molecule has 2 aliphatic rings. The summed E-state index contributed by atoms with van der Waals surface area (Å²) in [5.41, 5.74) is 17.2. The summed E-state index contributed by atoms with van der Waals surface area (Å²) in [6, 6.07) is 72.5. The molecule has 270 valence electrons. The van der Waals surface area contributed by atoms with Crippen molar-refractivity contribution in [2.45, 2.75) is 19.3 Å². The maximum Gasteiger partial charge on any atom is 0.159 e. The van der Waals surface area contributed by atoms with Crippen LogP contribution in [0.5, 0.6) is 11.5 Å². The number of rotatable bonds is 5. The van der Waals surface area contributed by atoms with Crippen LogP contribution in [-0.4, -0.2) is 0 Å². The summed E-state index contributed by atoms with van der Waals surface area (Å²) in [6.07, 6.45) is 0. The van der Waals surface area contributed by atoms with Crippen molar-refractivity contribution in [3.05, 3.63) is 211 Å². The molecule has 0 radical (unpaired) electrons. The molecule has 1 heterocycles. The van der Waals surface area contributed by atoms with Crippen LogP contribution >= 0.6 is 0 Å². The maximum absolute atomic E-state index is 7.49. The maximum atomic E-state index is 7.49. The Balaban J connectivity index is 1.18. The van der Waals surface area contributed by atoms with E-state index in [4.69, 9.17) is 4.74 Å². The first-order valence-corrected chi connectivity index (χ1v) is 19.8. The van der Waals surface area contributed by atoms with Crippen molar-refractivity contribution in [1.29, 1.82) is 0 Å². The highest BCUT2D eigenvalue weighted by Gasteiger charge is 2.36. The molecular formula is C55H39NO. The Hall–Kier alpha value is -7.16. The van der Waals surface area contributed by atoms with Crippen LogP contribution in [0.2, 0.25) is 0 Å². The fourth-order valence-electron chi connectivity index (χ4n) is 9.20. The summed E-state index contributed by atoms with van der Waals surface area (Å²) in [5, 5.41) is 2.40. The minimum Gasteiger partial charge on any atom is -0.453 e. The van der Waals surface area contributed by atoms with Gasteiger partial charge >= 0.3 is 0 Å². The van der Waals surface area contributed by atoms with E-state index in [1.54, 1.807) is 0 Å². The van der Waals surface area contributed by atoms with E-state index in [1.807, 2.05) is 0 Å². The lowest BCUT2D eigenvalue weighted by atomic mass is 9.82. The van der Waals surface area contributed by atoms with Crippen molar-refractivity contribution in [1.82, 2.24) is 0 Å². The molecule has 2 heteroatoms. The standard InChI is InChI=1S/C55H39NO/c1-55(2)50-25-12-11-21-44(50)45-32-31-42(35-51(45)55)56(41-29-27-37(28-30-41)36-15-5-3-6-16-36)52-26-14-24-47-49-34-40-20-10-9-19-39(40)33-48(49)46-23-13-22-43(53(46)57-54(47)52)38-17-7-4-8-18-38/h3-35H,1-2H3. The van der Waals surface area contributed by atoms with Crippen molar-refractivity contribution in [3.8, 4) is 67.1 Å². The molecule has 0 spiro atoms. The van der Waals surface area contributed by atoms with Gasteiger partial charge in [-0.05, 0) is 103 Å². The minimum atomic E-state index is -0.154. The van der Waals surface area contributed by atoms with Gasteiger partial charge in [0.25, 0.3) is 0 Å². The van der Waals surface area contributed by atoms with Gasteiger partial charge in [0.1, 0.15) is 5.75 Å². The third-order valence-corrected chi connectivity index (χ3v) is 12.1. The number of ether oxygens (including phenoxy) is 1. The first kappa shape index (κ1) is 33.2. The number of benzene rings is 9. The quantitative estimate of drug-likeness (QED) is 0.175. The van der Waals surface area contributed by atoms with Gasteiger partial charge in [0, 0.05) is 33.5 Å². The first-order chi connectivity index (χ1) is 28.0. The summed E-state index contributed by atoms with van der Waals surface area (Å²) in [6.45, 7) is 4.70. The van der Waals surface area contributed by atoms with Crippen LogP contribution in [0.3, 0.4) is 0 Å². The van der Waals surface area contributed by atoms with Gasteiger partial charge in [-0.15, -0.1) is 0 Å². The van der Waals surface area contributed by atoms with E-state index in [1.165, 1.54) is 44.2 Å². The molecule has 0 amide bonds. The number of nitrogens with zero attached hydrogens (tertiary/aromatic N) is 1. The second kappa shape index (κ2) is 13.0. The fourth-order valence-corrected chi connectivity index (χ4v) is 9.20. The van der Waals surface area contributed by atoms with Gasteiger partial charge in [-0.25, -0.2) is 0 Å². The normalized spacial score (nSPS) is 13.0. The van der Waals surface area contributed by atoms with E-state index < -0.39 is 0 Å². The van der Waals surface area contributed by atoms with E-state index in [2.05, 4.69) is 219 Å². The number of para-hydroxylation sites is 2. The molecule has 0 bridgehead atoms. The summed E-state index contributed by atoms with van der Waals surface area (Å²) in [5.74, 6) is 1.68. The molecule has 0 aromatic heterocycles. The zero-order valence-corrected chi connectivity index (χ0v) is 31.9. The zero-order valence-electron chi connectivity index (χ0n) is 31.9.